The first-order valence-corrected chi connectivity index (χ1v) is 8.17. The molecule has 0 aliphatic carbocycles. The van der Waals surface area contributed by atoms with Gasteiger partial charge in [-0.15, -0.1) is 11.8 Å². The zero-order chi connectivity index (χ0) is 14.7. The maximum absolute atomic E-state index is 12.3. The number of carboxylic acid groups (broad SMARTS) is 1. The molecule has 2 aliphatic rings. The van der Waals surface area contributed by atoms with E-state index >= 15 is 0 Å². The molecule has 3 atom stereocenters. The summed E-state index contributed by atoms with van der Waals surface area (Å²) in [5, 5.41) is 12.1. The highest BCUT2D eigenvalue weighted by molar-refractivity contribution is 8.00. The SMILES string of the molecule is CCC1SCC(C(=O)O)N1C(=O)NCC1CCN(C)C1. The number of thioether (sulfide) groups is 1. The fourth-order valence-corrected chi connectivity index (χ4v) is 4.20. The van der Waals surface area contributed by atoms with Crippen molar-refractivity contribution in [2.75, 3.05) is 32.4 Å². The van der Waals surface area contributed by atoms with E-state index in [1.807, 2.05) is 6.92 Å². The molecule has 0 bridgehead atoms. The van der Waals surface area contributed by atoms with Crippen LogP contribution in [0.1, 0.15) is 19.8 Å². The van der Waals surface area contributed by atoms with E-state index in [1.165, 1.54) is 4.90 Å². The summed E-state index contributed by atoms with van der Waals surface area (Å²) in [7, 11) is 2.08. The summed E-state index contributed by atoms with van der Waals surface area (Å²) < 4.78 is 0. The number of rotatable bonds is 4. The summed E-state index contributed by atoms with van der Waals surface area (Å²) in [5.74, 6) is 0.0414. The summed E-state index contributed by atoms with van der Waals surface area (Å²) in [6.45, 7) is 4.67. The topological polar surface area (TPSA) is 72.9 Å². The number of carbonyl (C=O) groups is 2. The summed E-state index contributed by atoms with van der Waals surface area (Å²) in [6.07, 6.45) is 1.86. The molecule has 3 unspecified atom stereocenters. The molecule has 0 spiro atoms. The van der Waals surface area contributed by atoms with Gasteiger partial charge in [-0.25, -0.2) is 9.59 Å². The Morgan fingerprint density at radius 2 is 2.20 bits per heavy atom. The minimum atomic E-state index is -0.913. The Balaban J connectivity index is 1.90. The van der Waals surface area contributed by atoms with Crippen LogP contribution in [-0.2, 0) is 4.79 Å². The third-order valence-electron chi connectivity index (χ3n) is 3.99. The van der Waals surface area contributed by atoms with E-state index in [4.69, 9.17) is 0 Å². The lowest BCUT2D eigenvalue weighted by atomic mass is 10.1. The molecule has 2 N–H and O–H groups in total. The predicted octanol–water partition coefficient (Wildman–Crippen LogP) is 0.886. The van der Waals surface area contributed by atoms with Crippen molar-refractivity contribution in [3.05, 3.63) is 0 Å². The van der Waals surface area contributed by atoms with Gasteiger partial charge in [-0.1, -0.05) is 6.92 Å². The molecule has 114 valence electrons. The van der Waals surface area contributed by atoms with Crippen LogP contribution in [0, 0.1) is 5.92 Å². The Kier molecular flexibility index (Phi) is 5.15. The van der Waals surface area contributed by atoms with Crippen molar-refractivity contribution in [1.29, 1.82) is 0 Å². The third-order valence-corrected chi connectivity index (χ3v) is 5.45. The van der Waals surface area contributed by atoms with Crippen molar-refractivity contribution in [1.82, 2.24) is 15.1 Å². The van der Waals surface area contributed by atoms with Gasteiger partial charge in [0.05, 0.1) is 5.37 Å². The van der Waals surface area contributed by atoms with Crippen LogP contribution < -0.4 is 5.32 Å². The van der Waals surface area contributed by atoms with Crippen LogP contribution in [0.2, 0.25) is 0 Å². The summed E-state index contributed by atoms with van der Waals surface area (Å²) >= 11 is 1.55. The van der Waals surface area contributed by atoms with E-state index in [2.05, 4.69) is 17.3 Å². The Morgan fingerprint density at radius 3 is 2.75 bits per heavy atom. The van der Waals surface area contributed by atoms with Gasteiger partial charge in [-0.3, -0.25) is 4.90 Å². The number of aliphatic carboxylic acids is 1. The predicted molar refractivity (Wildman–Crippen MR) is 78.8 cm³/mol. The van der Waals surface area contributed by atoms with Crippen LogP contribution in [0.3, 0.4) is 0 Å². The van der Waals surface area contributed by atoms with Gasteiger partial charge in [0.1, 0.15) is 6.04 Å². The molecule has 0 saturated carbocycles. The monoisotopic (exact) mass is 301 g/mol. The Labute approximate surface area is 123 Å². The molecule has 0 aromatic rings. The molecule has 2 saturated heterocycles. The molecule has 0 aromatic carbocycles. The smallest absolute Gasteiger partial charge is 0.327 e. The van der Waals surface area contributed by atoms with Gasteiger partial charge in [0.15, 0.2) is 0 Å². The van der Waals surface area contributed by atoms with Crippen LogP contribution in [-0.4, -0.2) is 70.8 Å². The number of nitrogens with zero attached hydrogens (tertiary/aromatic N) is 2. The van der Waals surface area contributed by atoms with E-state index in [0.29, 0.717) is 18.2 Å². The Morgan fingerprint density at radius 1 is 1.45 bits per heavy atom. The van der Waals surface area contributed by atoms with Gasteiger partial charge < -0.3 is 15.3 Å². The van der Waals surface area contributed by atoms with E-state index in [0.717, 1.165) is 25.9 Å². The molecular formula is C13H23N3O3S. The second-order valence-electron chi connectivity index (χ2n) is 5.56. The molecule has 6 nitrogen and oxygen atoms in total. The fraction of sp³-hybridized carbons (Fsp3) is 0.846. The fourth-order valence-electron chi connectivity index (χ4n) is 2.86. The first-order chi connectivity index (χ1) is 9.52. The van der Waals surface area contributed by atoms with E-state index in [9.17, 15) is 14.7 Å². The highest BCUT2D eigenvalue weighted by Gasteiger charge is 2.40. The molecular weight excluding hydrogens is 278 g/mol. The highest BCUT2D eigenvalue weighted by Crippen LogP contribution is 2.31. The zero-order valence-electron chi connectivity index (χ0n) is 12.0. The number of nitrogens with one attached hydrogen (secondary N) is 1. The zero-order valence-corrected chi connectivity index (χ0v) is 12.9. The van der Waals surface area contributed by atoms with Gasteiger partial charge in [0.2, 0.25) is 0 Å². The van der Waals surface area contributed by atoms with Crippen LogP contribution in [0.4, 0.5) is 4.79 Å². The van der Waals surface area contributed by atoms with Crippen LogP contribution >= 0.6 is 11.8 Å². The molecule has 7 heteroatoms. The van der Waals surface area contributed by atoms with Crippen molar-refractivity contribution in [2.24, 2.45) is 5.92 Å². The molecule has 2 fully saturated rings. The summed E-state index contributed by atoms with van der Waals surface area (Å²) in [5.41, 5.74) is 0. The molecule has 2 heterocycles. The largest absolute Gasteiger partial charge is 0.480 e. The van der Waals surface area contributed by atoms with Crippen molar-refractivity contribution in [3.8, 4) is 0 Å². The maximum Gasteiger partial charge on any atom is 0.327 e. The number of likely N-dealkylation sites (tertiary alicyclic amines) is 1. The number of hydrogen-bond donors (Lipinski definition) is 2. The summed E-state index contributed by atoms with van der Waals surface area (Å²) in [6, 6.07) is -0.931. The standard InChI is InChI=1S/C13H23N3O3S/c1-3-11-16(10(8-20-11)12(17)18)13(19)14-6-9-4-5-15(2)7-9/h9-11H,3-8H2,1-2H3,(H,14,19)(H,17,18). The van der Waals surface area contributed by atoms with Gasteiger partial charge >= 0.3 is 12.0 Å². The third kappa shape index (κ3) is 3.38. The number of carboxylic acids is 1. The number of carbonyl (C=O) groups excluding carboxylic acids is 1. The average Bonchev–Trinajstić information content (AvgIpc) is 3.01. The van der Waals surface area contributed by atoms with Gasteiger partial charge in [0.25, 0.3) is 0 Å². The first-order valence-electron chi connectivity index (χ1n) is 7.12. The lowest BCUT2D eigenvalue weighted by molar-refractivity contribution is -0.141. The van der Waals surface area contributed by atoms with Crippen molar-refractivity contribution >= 4 is 23.8 Å². The molecule has 0 radical (unpaired) electrons. The summed E-state index contributed by atoms with van der Waals surface area (Å²) in [4.78, 5) is 27.3. The lowest BCUT2D eigenvalue weighted by Gasteiger charge is -2.27. The average molecular weight is 301 g/mol. The molecule has 2 rings (SSSR count). The Hall–Kier alpha value is -0.950. The second kappa shape index (κ2) is 6.67. The van der Waals surface area contributed by atoms with Crippen molar-refractivity contribution < 1.29 is 14.7 Å². The number of urea groups is 1. The molecule has 2 amide bonds. The molecule has 20 heavy (non-hydrogen) atoms. The van der Waals surface area contributed by atoms with E-state index in [-0.39, 0.29) is 11.4 Å². The molecule has 0 aromatic heterocycles. The van der Waals surface area contributed by atoms with E-state index < -0.39 is 12.0 Å². The minimum Gasteiger partial charge on any atom is -0.480 e. The van der Waals surface area contributed by atoms with Crippen LogP contribution in [0.5, 0.6) is 0 Å². The minimum absolute atomic E-state index is 0.0256. The second-order valence-corrected chi connectivity index (χ2v) is 6.77. The first kappa shape index (κ1) is 15.4. The van der Waals surface area contributed by atoms with Crippen LogP contribution in [0.25, 0.3) is 0 Å². The van der Waals surface area contributed by atoms with E-state index in [1.54, 1.807) is 11.8 Å². The maximum atomic E-state index is 12.3. The Bertz CT molecular complexity index is 380. The number of hydrogen-bond acceptors (Lipinski definition) is 4. The number of amides is 2. The van der Waals surface area contributed by atoms with Gasteiger partial charge in [-0.05, 0) is 32.4 Å². The molecule has 2 aliphatic heterocycles. The van der Waals surface area contributed by atoms with Crippen molar-refractivity contribution in [3.63, 3.8) is 0 Å². The lowest BCUT2D eigenvalue weighted by Crippen LogP contribution is -2.50. The normalized spacial score (nSPS) is 30.7. The highest BCUT2D eigenvalue weighted by atomic mass is 32.2. The quantitative estimate of drug-likeness (QED) is 0.806. The van der Waals surface area contributed by atoms with Gasteiger partial charge in [-0.2, -0.15) is 0 Å². The van der Waals surface area contributed by atoms with Crippen molar-refractivity contribution in [2.45, 2.75) is 31.2 Å². The van der Waals surface area contributed by atoms with Crippen LogP contribution in [0.15, 0.2) is 0 Å². The van der Waals surface area contributed by atoms with Gasteiger partial charge in [0, 0.05) is 18.8 Å².